The fourth-order valence-electron chi connectivity index (χ4n) is 2.37. The fraction of sp³-hybridized carbons (Fsp3) is 0.105. The van der Waals surface area contributed by atoms with Crippen LogP contribution in [-0.2, 0) is 6.54 Å². The Bertz CT molecular complexity index is 893. The molecule has 0 amide bonds. The molecule has 0 atom stereocenters. The van der Waals surface area contributed by atoms with E-state index in [0.29, 0.717) is 17.3 Å². The van der Waals surface area contributed by atoms with Gasteiger partial charge >= 0.3 is 0 Å². The van der Waals surface area contributed by atoms with Crippen LogP contribution in [0.15, 0.2) is 72.4 Å². The Morgan fingerprint density at radius 2 is 1.96 bits per heavy atom. The molecule has 0 aliphatic carbocycles. The second kappa shape index (κ2) is 7.90. The summed E-state index contributed by atoms with van der Waals surface area (Å²) in [4.78, 5) is 12.3. The van der Waals surface area contributed by atoms with Gasteiger partial charge in [0.2, 0.25) is 0 Å². The van der Waals surface area contributed by atoms with E-state index in [-0.39, 0.29) is 11.5 Å². The number of aromatic nitrogens is 3. The molecule has 0 spiro atoms. The smallest absolute Gasteiger partial charge is 0.192 e. The zero-order valence-corrected chi connectivity index (χ0v) is 14.2. The Morgan fingerprint density at radius 3 is 2.68 bits per heavy atom. The van der Waals surface area contributed by atoms with Crippen molar-refractivity contribution in [2.45, 2.75) is 11.7 Å². The van der Waals surface area contributed by atoms with Crippen LogP contribution in [0.4, 0.5) is 4.39 Å². The zero-order chi connectivity index (χ0) is 17.6. The lowest BCUT2D eigenvalue weighted by atomic mass is 10.1. The van der Waals surface area contributed by atoms with E-state index in [1.807, 2.05) is 34.9 Å². The number of hydrogen-bond donors (Lipinski definition) is 0. The molecule has 3 aromatic rings. The van der Waals surface area contributed by atoms with Gasteiger partial charge in [-0.3, -0.25) is 9.36 Å². The highest BCUT2D eigenvalue weighted by Gasteiger charge is 2.15. The number of allylic oxidation sites excluding steroid dienone is 1. The molecule has 0 fully saturated rings. The lowest BCUT2D eigenvalue weighted by molar-refractivity contribution is 0.102. The number of carbonyl (C=O) groups is 1. The molecule has 0 saturated carbocycles. The van der Waals surface area contributed by atoms with Gasteiger partial charge < -0.3 is 0 Å². The number of rotatable bonds is 7. The second-order valence-corrected chi connectivity index (χ2v) is 6.24. The van der Waals surface area contributed by atoms with Gasteiger partial charge in [-0.1, -0.05) is 60.3 Å². The van der Waals surface area contributed by atoms with E-state index in [1.54, 1.807) is 12.1 Å². The van der Waals surface area contributed by atoms with Crippen molar-refractivity contribution in [3.05, 3.63) is 78.6 Å². The number of nitrogens with zero attached hydrogens (tertiary/aromatic N) is 3. The van der Waals surface area contributed by atoms with Crippen molar-refractivity contribution in [2.24, 2.45) is 0 Å². The lowest BCUT2D eigenvalue weighted by Crippen LogP contribution is -2.05. The van der Waals surface area contributed by atoms with Crippen molar-refractivity contribution in [3.8, 4) is 11.4 Å². The van der Waals surface area contributed by atoms with Crippen molar-refractivity contribution in [1.82, 2.24) is 14.8 Å². The molecule has 6 heteroatoms. The largest absolute Gasteiger partial charge is 0.298 e. The van der Waals surface area contributed by atoms with Gasteiger partial charge in [0.1, 0.15) is 5.82 Å². The average Bonchev–Trinajstić information content (AvgIpc) is 3.03. The van der Waals surface area contributed by atoms with Crippen LogP contribution in [0.2, 0.25) is 0 Å². The minimum absolute atomic E-state index is 0.154. The van der Waals surface area contributed by atoms with Gasteiger partial charge in [-0.2, -0.15) is 0 Å². The van der Waals surface area contributed by atoms with Crippen molar-refractivity contribution in [2.75, 3.05) is 5.75 Å². The maximum absolute atomic E-state index is 13.2. The number of Topliss-reactive ketones (excluding diaryl/α,β-unsaturated/α-hetero) is 1. The maximum atomic E-state index is 13.2. The lowest BCUT2D eigenvalue weighted by Gasteiger charge is -2.07. The van der Waals surface area contributed by atoms with E-state index in [4.69, 9.17) is 0 Å². The average molecular weight is 353 g/mol. The first-order chi connectivity index (χ1) is 12.2. The van der Waals surface area contributed by atoms with Crippen LogP contribution in [-0.4, -0.2) is 26.3 Å². The summed E-state index contributed by atoms with van der Waals surface area (Å²) in [5, 5.41) is 9.07. The maximum Gasteiger partial charge on any atom is 0.192 e. The van der Waals surface area contributed by atoms with Crippen molar-refractivity contribution in [1.29, 1.82) is 0 Å². The third-order valence-corrected chi connectivity index (χ3v) is 4.51. The van der Waals surface area contributed by atoms with E-state index in [2.05, 4.69) is 16.8 Å². The minimum Gasteiger partial charge on any atom is -0.298 e. The van der Waals surface area contributed by atoms with Gasteiger partial charge in [-0.25, -0.2) is 4.39 Å². The number of halogens is 1. The van der Waals surface area contributed by atoms with Gasteiger partial charge in [0.15, 0.2) is 16.8 Å². The predicted octanol–water partition coefficient (Wildman–Crippen LogP) is 4.25. The topological polar surface area (TPSA) is 47.8 Å². The molecule has 0 N–H and O–H groups in total. The van der Waals surface area contributed by atoms with Gasteiger partial charge in [-0.15, -0.1) is 16.8 Å². The molecule has 4 nitrogen and oxygen atoms in total. The molecule has 0 aliphatic heterocycles. The van der Waals surface area contributed by atoms with Crippen LogP contribution in [0.5, 0.6) is 0 Å². The number of ketones is 1. The first kappa shape index (κ1) is 17.1. The van der Waals surface area contributed by atoms with Gasteiger partial charge in [0, 0.05) is 17.7 Å². The van der Waals surface area contributed by atoms with E-state index in [1.165, 1.54) is 30.0 Å². The number of benzene rings is 2. The van der Waals surface area contributed by atoms with Crippen LogP contribution in [0, 0.1) is 5.82 Å². The molecular formula is C19H16FN3OS. The van der Waals surface area contributed by atoms with Crippen molar-refractivity contribution in [3.63, 3.8) is 0 Å². The molecule has 0 saturated heterocycles. The standard InChI is InChI=1S/C19H16FN3OS/c1-2-11-23-18(14-7-4-3-5-8-14)21-22-19(23)25-13-17(24)15-9-6-10-16(20)12-15/h2-10,12H,1,11,13H2. The van der Waals surface area contributed by atoms with Gasteiger partial charge in [0.05, 0.1) is 5.75 Å². The fourth-order valence-corrected chi connectivity index (χ4v) is 3.21. The Balaban J connectivity index is 1.80. The molecular weight excluding hydrogens is 337 g/mol. The minimum atomic E-state index is -0.419. The Kier molecular flexibility index (Phi) is 5.40. The summed E-state index contributed by atoms with van der Waals surface area (Å²) < 4.78 is 15.2. The predicted molar refractivity (Wildman–Crippen MR) is 97.1 cm³/mol. The molecule has 0 aliphatic rings. The number of hydrogen-bond acceptors (Lipinski definition) is 4. The highest BCUT2D eigenvalue weighted by atomic mass is 32.2. The summed E-state index contributed by atoms with van der Waals surface area (Å²) >= 11 is 1.28. The first-order valence-corrected chi connectivity index (χ1v) is 8.68. The van der Waals surface area contributed by atoms with Crippen molar-refractivity contribution >= 4 is 17.5 Å². The first-order valence-electron chi connectivity index (χ1n) is 7.70. The second-order valence-electron chi connectivity index (χ2n) is 5.29. The van der Waals surface area contributed by atoms with Crippen LogP contribution in [0.1, 0.15) is 10.4 Å². The number of carbonyl (C=O) groups excluding carboxylic acids is 1. The Labute approximate surface area is 149 Å². The molecule has 2 aromatic carbocycles. The van der Waals surface area contributed by atoms with E-state index < -0.39 is 5.82 Å². The molecule has 1 aromatic heterocycles. The summed E-state index contributed by atoms with van der Waals surface area (Å²) in [5.74, 6) is 0.310. The SMILES string of the molecule is C=CCn1c(SCC(=O)c2cccc(F)c2)nnc1-c1ccccc1. The summed E-state index contributed by atoms with van der Waals surface area (Å²) in [6.07, 6.45) is 1.76. The summed E-state index contributed by atoms with van der Waals surface area (Å²) in [5.41, 5.74) is 1.30. The molecule has 0 bridgehead atoms. The molecule has 3 rings (SSSR count). The Hall–Kier alpha value is -2.73. The Morgan fingerprint density at radius 1 is 1.16 bits per heavy atom. The third-order valence-electron chi connectivity index (χ3n) is 3.54. The van der Waals surface area contributed by atoms with Crippen LogP contribution in [0.3, 0.4) is 0 Å². The quantitative estimate of drug-likeness (QED) is 0.362. The molecule has 0 radical (unpaired) electrons. The monoisotopic (exact) mass is 353 g/mol. The molecule has 0 unspecified atom stereocenters. The third kappa shape index (κ3) is 4.03. The van der Waals surface area contributed by atoms with E-state index >= 15 is 0 Å². The number of thioether (sulfide) groups is 1. The molecule has 1 heterocycles. The van der Waals surface area contributed by atoms with E-state index in [0.717, 1.165) is 11.4 Å². The molecule has 25 heavy (non-hydrogen) atoms. The van der Waals surface area contributed by atoms with Crippen LogP contribution < -0.4 is 0 Å². The summed E-state index contributed by atoms with van der Waals surface area (Å²) in [7, 11) is 0. The summed E-state index contributed by atoms with van der Waals surface area (Å²) in [6, 6.07) is 15.4. The highest BCUT2D eigenvalue weighted by molar-refractivity contribution is 7.99. The highest BCUT2D eigenvalue weighted by Crippen LogP contribution is 2.24. The summed E-state index contributed by atoms with van der Waals surface area (Å²) in [6.45, 7) is 4.31. The van der Waals surface area contributed by atoms with Crippen molar-refractivity contribution < 1.29 is 9.18 Å². The molecule has 126 valence electrons. The van der Waals surface area contributed by atoms with Crippen LogP contribution in [0.25, 0.3) is 11.4 Å². The van der Waals surface area contributed by atoms with Gasteiger partial charge in [0.25, 0.3) is 0 Å². The normalized spacial score (nSPS) is 10.6. The zero-order valence-electron chi connectivity index (χ0n) is 13.4. The van der Waals surface area contributed by atoms with Gasteiger partial charge in [-0.05, 0) is 12.1 Å². The van der Waals surface area contributed by atoms with Crippen LogP contribution >= 0.6 is 11.8 Å². The van der Waals surface area contributed by atoms with E-state index in [9.17, 15) is 9.18 Å².